The van der Waals surface area contributed by atoms with Crippen LogP contribution in [0.1, 0.15) is 24.8 Å². The number of anilines is 2. The van der Waals surface area contributed by atoms with Crippen LogP contribution < -0.4 is 15.4 Å². The highest BCUT2D eigenvalue weighted by atomic mass is 32.2. The maximum atomic E-state index is 13.9. The van der Waals surface area contributed by atoms with Gasteiger partial charge in [0.25, 0.3) is 0 Å². The van der Waals surface area contributed by atoms with E-state index in [0.717, 1.165) is 43.3 Å². The van der Waals surface area contributed by atoms with Crippen LogP contribution in [0.2, 0.25) is 0 Å². The molecule has 2 N–H and O–H groups in total. The minimum Gasteiger partial charge on any atom is -0.487 e. The highest BCUT2D eigenvalue weighted by molar-refractivity contribution is 7.93. The van der Waals surface area contributed by atoms with E-state index in [1.165, 1.54) is 18.5 Å². The molecule has 1 aromatic heterocycles. The van der Waals surface area contributed by atoms with Gasteiger partial charge in [-0.15, -0.1) is 0 Å². The van der Waals surface area contributed by atoms with Crippen LogP contribution in [0.5, 0.6) is 5.75 Å². The molecule has 0 bridgehead atoms. The van der Waals surface area contributed by atoms with Gasteiger partial charge in [-0.25, -0.2) is 18.6 Å². The fraction of sp³-hybridized carbons (Fsp3) is 0.391. The zero-order valence-corrected chi connectivity index (χ0v) is 18.8. The Morgan fingerprint density at radius 3 is 2.84 bits per heavy atom. The summed E-state index contributed by atoms with van der Waals surface area (Å²) in [5.74, 6) is 2.01. The van der Waals surface area contributed by atoms with Crippen LogP contribution in [0.4, 0.5) is 21.6 Å². The predicted molar refractivity (Wildman–Crippen MR) is 125 cm³/mol. The van der Waals surface area contributed by atoms with Gasteiger partial charge in [0.2, 0.25) is 0 Å². The smallest absolute Gasteiger partial charge is 0.146 e. The summed E-state index contributed by atoms with van der Waals surface area (Å²) in [4.78, 5) is 8.85. The van der Waals surface area contributed by atoms with Crippen LogP contribution >= 0.6 is 0 Å². The third-order valence-corrected chi connectivity index (χ3v) is 8.27. The van der Waals surface area contributed by atoms with Crippen molar-refractivity contribution in [1.29, 1.82) is 0 Å². The molecule has 3 aromatic rings. The van der Waals surface area contributed by atoms with Gasteiger partial charge in [-0.2, -0.15) is 4.36 Å². The first kappa shape index (κ1) is 21.1. The number of hydrogen-bond donors (Lipinski definition) is 2. The van der Waals surface area contributed by atoms with Crippen molar-refractivity contribution in [3.63, 3.8) is 0 Å². The molecule has 0 amide bonds. The molecule has 32 heavy (non-hydrogen) atoms. The fourth-order valence-electron chi connectivity index (χ4n) is 4.29. The Balaban J connectivity index is 1.51. The van der Waals surface area contributed by atoms with Crippen molar-refractivity contribution in [3.8, 4) is 5.75 Å². The molecule has 2 aliphatic heterocycles. The van der Waals surface area contributed by atoms with Crippen molar-refractivity contribution in [2.24, 2.45) is 4.36 Å². The van der Waals surface area contributed by atoms with E-state index in [2.05, 4.69) is 25.0 Å². The Morgan fingerprint density at radius 2 is 2.06 bits per heavy atom. The van der Waals surface area contributed by atoms with E-state index < -0.39 is 9.73 Å². The number of rotatable bonds is 5. The van der Waals surface area contributed by atoms with Gasteiger partial charge in [-0.1, -0.05) is 0 Å². The minimum absolute atomic E-state index is 0.00268. The van der Waals surface area contributed by atoms with Crippen LogP contribution in [0.25, 0.3) is 10.9 Å². The van der Waals surface area contributed by atoms with Gasteiger partial charge >= 0.3 is 0 Å². The minimum atomic E-state index is -2.16. The average Bonchev–Trinajstić information content (AvgIpc) is 3.42. The van der Waals surface area contributed by atoms with Crippen LogP contribution in [0.3, 0.4) is 0 Å². The maximum Gasteiger partial charge on any atom is 0.146 e. The molecule has 0 radical (unpaired) electrons. The van der Waals surface area contributed by atoms with Gasteiger partial charge in [0.1, 0.15) is 29.8 Å². The molecule has 2 aromatic carbocycles. The SMILES string of the molecule is Cc1cc(N=S2(=O)CCCC2)cc2ncnc(Nc3ccc(F)cc3O[C@@H]3CCNC3)c12. The van der Waals surface area contributed by atoms with E-state index in [-0.39, 0.29) is 11.9 Å². The number of aromatic nitrogens is 2. The van der Waals surface area contributed by atoms with E-state index in [0.29, 0.717) is 40.0 Å². The second kappa shape index (κ2) is 8.63. The van der Waals surface area contributed by atoms with E-state index in [1.54, 1.807) is 6.07 Å². The quantitative estimate of drug-likeness (QED) is 0.591. The first-order valence-corrected chi connectivity index (χ1v) is 12.8. The number of fused-ring (bicyclic) bond motifs is 1. The third kappa shape index (κ3) is 4.40. The zero-order chi connectivity index (χ0) is 22.1. The fourth-order valence-corrected chi connectivity index (χ4v) is 6.48. The molecule has 0 spiro atoms. The first-order chi connectivity index (χ1) is 15.5. The lowest BCUT2D eigenvalue weighted by atomic mass is 10.1. The van der Waals surface area contributed by atoms with Crippen molar-refractivity contribution in [2.75, 3.05) is 29.9 Å². The average molecular weight is 456 g/mol. The summed E-state index contributed by atoms with van der Waals surface area (Å²) in [6.07, 6.45) is 4.28. The summed E-state index contributed by atoms with van der Waals surface area (Å²) in [5.41, 5.74) is 2.97. The molecule has 168 valence electrons. The van der Waals surface area contributed by atoms with Gasteiger partial charge in [0.15, 0.2) is 0 Å². The summed E-state index contributed by atoms with van der Waals surface area (Å²) in [7, 11) is -2.16. The molecule has 1 atom stereocenters. The Kier molecular flexibility index (Phi) is 5.69. The van der Waals surface area contributed by atoms with E-state index in [4.69, 9.17) is 4.74 Å². The van der Waals surface area contributed by atoms with Gasteiger partial charge in [0, 0.05) is 29.5 Å². The number of ether oxygens (including phenoxy) is 1. The molecular formula is C23H26FN5O2S. The van der Waals surface area contributed by atoms with Crippen molar-refractivity contribution in [1.82, 2.24) is 15.3 Å². The number of hydrogen-bond acceptors (Lipinski definition) is 7. The van der Waals surface area contributed by atoms with Crippen LogP contribution in [0, 0.1) is 12.7 Å². The van der Waals surface area contributed by atoms with Gasteiger partial charge in [0.05, 0.1) is 26.6 Å². The van der Waals surface area contributed by atoms with Crippen LogP contribution in [0.15, 0.2) is 41.0 Å². The monoisotopic (exact) mass is 455 g/mol. The zero-order valence-electron chi connectivity index (χ0n) is 17.9. The number of nitrogens with zero attached hydrogens (tertiary/aromatic N) is 3. The summed E-state index contributed by atoms with van der Waals surface area (Å²) in [6, 6.07) is 8.23. The van der Waals surface area contributed by atoms with Crippen molar-refractivity contribution in [3.05, 3.63) is 48.0 Å². The van der Waals surface area contributed by atoms with Gasteiger partial charge in [-0.3, -0.25) is 0 Å². The highest BCUT2D eigenvalue weighted by Gasteiger charge is 2.20. The van der Waals surface area contributed by atoms with E-state index in [1.807, 2.05) is 19.1 Å². The predicted octanol–water partition coefficient (Wildman–Crippen LogP) is 4.45. The third-order valence-electron chi connectivity index (χ3n) is 5.87. The van der Waals surface area contributed by atoms with Crippen LogP contribution in [-0.4, -0.2) is 44.9 Å². The Bertz CT molecular complexity index is 1270. The first-order valence-electron chi connectivity index (χ1n) is 10.9. The van der Waals surface area contributed by atoms with E-state index >= 15 is 0 Å². The second-order valence-corrected chi connectivity index (χ2v) is 10.9. The normalized spacial score (nSPS) is 19.9. The second-order valence-electron chi connectivity index (χ2n) is 8.36. The number of aryl methyl sites for hydroxylation is 1. The van der Waals surface area contributed by atoms with Crippen LogP contribution in [-0.2, 0) is 9.73 Å². The van der Waals surface area contributed by atoms with Crippen molar-refractivity contribution >= 4 is 37.8 Å². The van der Waals surface area contributed by atoms with E-state index in [9.17, 15) is 8.60 Å². The molecule has 5 rings (SSSR count). The maximum absolute atomic E-state index is 13.9. The van der Waals surface area contributed by atoms with Crippen molar-refractivity contribution in [2.45, 2.75) is 32.3 Å². The molecular weight excluding hydrogens is 429 g/mol. The molecule has 0 aliphatic carbocycles. The van der Waals surface area contributed by atoms with Crippen molar-refractivity contribution < 1.29 is 13.3 Å². The highest BCUT2D eigenvalue weighted by Crippen LogP contribution is 2.34. The molecule has 2 aliphatic rings. The van der Waals surface area contributed by atoms with Gasteiger partial charge < -0.3 is 15.4 Å². The number of benzene rings is 2. The Morgan fingerprint density at radius 1 is 1.22 bits per heavy atom. The number of nitrogens with one attached hydrogen (secondary N) is 2. The lowest BCUT2D eigenvalue weighted by molar-refractivity contribution is 0.223. The summed E-state index contributed by atoms with van der Waals surface area (Å²) >= 11 is 0. The molecule has 9 heteroatoms. The molecule has 2 fully saturated rings. The summed E-state index contributed by atoms with van der Waals surface area (Å²) < 4.78 is 37.4. The number of halogens is 1. The summed E-state index contributed by atoms with van der Waals surface area (Å²) in [5, 5.41) is 7.40. The van der Waals surface area contributed by atoms with Gasteiger partial charge in [-0.05, 0) is 62.6 Å². The molecule has 7 nitrogen and oxygen atoms in total. The lowest BCUT2D eigenvalue weighted by Crippen LogP contribution is -2.20. The topological polar surface area (TPSA) is 88.5 Å². The summed E-state index contributed by atoms with van der Waals surface area (Å²) in [6.45, 7) is 3.59. The molecule has 3 heterocycles. The Hall–Kier alpha value is -2.78. The largest absolute Gasteiger partial charge is 0.487 e. The Labute approximate surface area is 187 Å². The lowest BCUT2D eigenvalue weighted by Gasteiger charge is -2.18. The molecule has 0 unspecified atom stereocenters. The standard InChI is InChI=1S/C23H26FN5O2S/c1-15-10-17(29-32(30)8-2-3-9-32)12-20-22(15)23(27-14-26-20)28-19-5-4-16(24)11-21(19)31-18-6-7-25-13-18/h4-5,10-12,14,18,25H,2-3,6-9,13H2,1H3,(H,26,27,28)/t18-/m1/s1. The molecule has 2 saturated heterocycles. The molecule has 0 saturated carbocycles.